The summed E-state index contributed by atoms with van der Waals surface area (Å²) in [5.41, 5.74) is 0.709. The van der Waals surface area contributed by atoms with Crippen LogP contribution in [0.1, 0.15) is 24.8 Å². The van der Waals surface area contributed by atoms with Gasteiger partial charge < -0.3 is 15.3 Å². The Morgan fingerprint density at radius 1 is 1.29 bits per heavy atom. The minimum absolute atomic E-state index is 0.100. The lowest BCUT2D eigenvalue weighted by Crippen LogP contribution is -2.41. The Hall–Kier alpha value is -1.46. The quantitative estimate of drug-likeness (QED) is 0.841. The number of carbonyl (C=O) groups excluding carboxylic acids is 1. The maximum Gasteiger partial charge on any atom is 0.317 e. The van der Waals surface area contributed by atoms with E-state index in [1.165, 1.54) is 0 Å². The van der Waals surface area contributed by atoms with Crippen molar-refractivity contribution in [2.24, 2.45) is 0 Å². The number of urea groups is 1. The van der Waals surface area contributed by atoms with E-state index in [0.717, 1.165) is 12.8 Å². The smallest absolute Gasteiger partial charge is 0.317 e. The molecule has 7 heteroatoms. The van der Waals surface area contributed by atoms with Crippen molar-refractivity contribution in [2.45, 2.75) is 31.8 Å². The van der Waals surface area contributed by atoms with Crippen LogP contribution in [0.15, 0.2) is 18.2 Å². The SMILES string of the molecule is O=C(O)CCNC(=O)N(Cc1c(Cl)cccc1Cl)C1CC1. The number of halogens is 2. The summed E-state index contributed by atoms with van der Waals surface area (Å²) in [6.07, 6.45) is 1.78. The van der Waals surface area contributed by atoms with Gasteiger partial charge in [-0.2, -0.15) is 0 Å². The van der Waals surface area contributed by atoms with Gasteiger partial charge in [0.05, 0.1) is 13.0 Å². The zero-order valence-corrected chi connectivity index (χ0v) is 12.8. The van der Waals surface area contributed by atoms with Crippen molar-refractivity contribution in [1.29, 1.82) is 0 Å². The number of aliphatic carboxylic acids is 1. The molecule has 114 valence electrons. The summed E-state index contributed by atoms with van der Waals surface area (Å²) in [6, 6.07) is 5.10. The molecule has 1 aromatic rings. The Labute approximate surface area is 132 Å². The molecular weight excluding hydrogens is 315 g/mol. The van der Waals surface area contributed by atoms with Gasteiger partial charge in [0.15, 0.2) is 0 Å². The fraction of sp³-hybridized carbons (Fsp3) is 0.429. The van der Waals surface area contributed by atoms with Crippen LogP contribution in [0, 0.1) is 0 Å². The van der Waals surface area contributed by atoms with Crippen LogP contribution in [0.5, 0.6) is 0 Å². The topological polar surface area (TPSA) is 69.6 Å². The first-order valence-corrected chi connectivity index (χ1v) is 7.43. The maximum atomic E-state index is 12.2. The Kier molecular flexibility index (Phi) is 5.31. The van der Waals surface area contributed by atoms with Crippen molar-refractivity contribution >= 4 is 35.2 Å². The van der Waals surface area contributed by atoms with Crippen LogP contribution in [0.2, 0.25) is 10.0 Å². The van der Waals surface area contributed by atoms with Crippen LogP contribution in [0.4, 0.5) is 4.79 Å². The summed E-state index contributed by atoms with van der Waals surface area (Å²) < 4.78 is 0. The highest BCUT2D eigenvalue weighted by Gasteiger charge is 2.33. The van der Waals surface area contributed by atoms with Crippen molar-refractivity contribution in [3.63, 3.8) is 0 Å². The first-order valence-electron chi connectivity index (χ1n) is 6.68. The molecule has 0 radical (unpaired) electrons. The lowest BCUT2D eigenvalue weighted by Gasteiger charge is -2.24. The molecule has 0 atom stereocenters. The maximum absolute atomic E-state index is 12.2. The largest absolute Gasteiger partial charge is 0.481 e. The van der Waals surface area contributed by atoms with Gasteiger partial charge in [0, 0.05) is 28.2 Å². The molecule has 2 amide bonds. The van der Waals surface area contributed by atoms with E-state index < -0.39 is 5.97 Å². The van der Waals surface area contributed by atoms with Crippen molar-refractivity contribution < 1.29 is 14.7 Å². The summed E-state index contributed by atoms with van der Waals surface area (Å²) in [7, 11) is 0. The van der Waals surface area contributed by atoms with Gasteiger partial charge >= 0.3 is 12.0 Å². The normalized spacial score (nSPS) is 13.8. The van der Waals surface area contributed by atoms with Crippen LogP contribution in [-0.4, -0.2) is 34.6 Å². The third-order valence-corrected chi connectivity index (χ3v) is 3.96. The van der Waals surface area contributed by atoms with E-state index in [2.05, 4.69) is 5.32 Å². The zero-order chi connectivity index (χ0) is 15.4. The van der Waals surface area contributed by atoms with Crippen LogP contribution < -0.4 is 5.32 Å². The fourth-order valence-corrected chi connectivity index (χ4v) is 2.50. The average molecular weight is 331 g/mol. The molecule has 1 aliphatic carbocycles. The highest BCUT2D eigenvalue weighted by molar-refractivity contribution is 6.36. The lowest BCUT2D eigenvalue weighted by molar-refractivity contribution is -0.136. The molecule has 1 aromatic carbocycles. The second-order valence-corrected chi connectivity index (χ2v) is 5.75. The number of benzene rings is 1. The molecule has 0 saturated heterocycles. The number of nitrogens with zero attached hydrogens (tertiary/aromatic N) is 1. The minimum Gasteiger partial charge on any atom is -0.481 e. The summed E-state index contributed by atoms with van der Waals surface area (Å²) in [4.78, 5) is 24.3. The van der Waals surface area contributed by atoms with Gasteiger partial charge in [-0.25, -0.2) is 4.79 Å². The summed E-state index contributed by atoms with van der Waals surface area (Å²) >= 11 is 12.3. The van der Waals surface area contributed by atoms with Crippen LogP contribution in [0.25, 0.3) is 0 Å². The van der Waals surface area contributed by atoms with E-state index >= 15 is 0 Å². The second kappa shape index (κ2) is 7.00. The van der Waals surface area contributed by atoms with Gasteiger partial charge in [-0.3, -0.25) is 4.79 Å². The van der Waals surface area contributed by atoms with Crippen LogP contribution in [0.3, 0.4) is 0 Å². The Bertz CT molecular complexity index is 527. The molecule has 0 spiro atoms. The van der Waals surface area contributed by atoms with E-state index in [1.807, 2.05) is 0 Å². The average Bonchev–Trinajstić information content (AvgIpc) is 3.22. The molecule has 0 aromatic heterocycles. The van der Waals surface area contributed by atoms with E-state index in [-0.39, 0.29) is 25.0 Å². The molecule has 1 aliphatic rings. The van der Waals surface area contributed by atoms with Crippen LogP contribution >= 0.6 is 23.2 Å². The van der Waals surface area contributed by atoms with Crippen molar-refractivity contribution in [3.05, 3.63) is 33.8 Å². The van der Waals surface area contributed by atoms with Gasteiger partial charge in [0.2, 0.25) is 0 Å². The fourth-order valence-electron chi connectivity index (χ4n) is 1.98. The molecule has 0 aliphatic heterocycles. The highest BCUT2D eigenvalue weighted by atomic mass is 35.5. The van der Waals surface area contributed by atoms with Crippen molar-refractivity contribution in [2.75, 3.05) is 6.54 Å². The summed E-state index contributed by atoms with van der Waals surface area (Å²) in [5.74, 6) is -0.942. The molecule has 0 heterocycles. The first kappa shape index (κ1) is 15.9. The predicted octanol–water partition coefficient (Wildman–Crippen LogP) is 3.14. The number of carboxylic acid groups (broad SMARTS) is 1. The minimum atomic E-state index is -0.942. The second-order valence-electron chi connectivity index (χ2n) is 4.93. The Balaban J connectivity index is 2.02. The van der Waals surface area contributed by atoms with Crippen molar-refractivity contribution in [3.8, 4) is 0 Å². The molecule has 5 nitrogen and oxygen atoms in total. The monoisotopic (exact) mass is 330 g/mol. The number of nitrogens with one attached hydrogen (secondary N) is 1. The first-order chi connectivity index (χ1) is 9.99. The van der Waals surface area contributed by atoms with Gasteiger partial charge in [0.1, 0.15) is 0 Å². The molecule has 21 heavy (non-hydrogen) atoms. The van der Waals surface area contributed by atoms with Gasteiger partial charge in [-0.1, -0.05) is 29.3 Å². The summed E-state index contributed by atoms with van der Waals surface area (Å²) in [5, 5.41) is 12.2. The zero-order valence-electron chi connectivity index (χ0n) is 11.3. The molecule has 2 N–H and O–H groups in total. The number of carboxylic acids is 1. The third-order valence-electron chi connectivity index (χ3n) is 3.25. The predicted molar refractivity (Wildman–Crippen MR) is 80.7 cm³/mol. The molecule has 1 saturated carbocycles. The van der Waals surface area contributed by atoms with E-state index in [0.29, 0.717) is 22.2 Å². The Morgan fingerprint density at radius 2 is 1.90 bits per heavy atom. The number of hydrogen-bond acceptors (Lipinski definition) is 2. The highest BCUT2D eigenvalue weighted by Crippen LogP contribution is 2.32. The molecule has 0 bridgehead atoms. The van der Waals surface area contributed by atoms with E-state index in [9.17, 15) is 9.59 Å². The molecule has 1 fully saturated rings. The lowest BCUT2D eigenvalue weighted by atomic mass is 10.2. The number of rotatable bonds is 6. The molecule has 2 rings (SSSR count). The summed E-state index contributed by atoms with van der Waals surface area (Å²) in [6.45, 7) is 0.426. The molecular formula is C14H16Cl2N2O3. The van der Waals surface area contributed by atoms with E-state index in [1.54, 1.807) is 23.1 Å². The standard InChI is InChI=1S/C14H16Cl2N2O3/c15-11-2-1-3-12(16)10(11)8-18(9-4-5-9)14(21)17-7-6-13(19)20/h1-3,9H,4-8H2,(H,17,21)(H,19,20). The number of hydrogen-bond donors (Lipinski definition) is 2. The Morgan fingerprint density at radius 3 is 2.43 bits per heavy atom. The van der Waals surface area contributed by atoms with Gasteiger partial charge in [0.25, 0.3) is 0 Å². The molecule has 0 unspecified atom stereocenters. The van der Waals surface area contributed by atoms with Crippen molar-refractivity contribution in [1.82, 2.24) is 10.2 Å². The van der Waals surface area contributed by atoms with Gasteiger partial charge in [-0.15, -0.1) is 0 Å². The number of amides is 2. The third kappa shape index (κ3) is 4.51. The van der Waals surface area contributed by atoms with E-state index in [4.69, 9.17) is 28.3 Å². The number of carbonyl (C=O) groups is 2. The van der Waals surface area contributed by atoms with Gasteiger partial charge in [-0.05, 0) is 25.0 Å². The van der Waals surface area contributed by atoms with Crippen LogP contribution in [-0.2, 0) is 11.3 Å².